The number of carbonyl (C=O) groups is 1. The average Bonchev–Trinajstić information content (AvgIpc) is 2.41. The minimum Gasteiger partial charge on any atom is -0.508 e. The lowest BCUT2D eigenvalue weighted by atomic mass is 10.1. The summed E-state index contributed by atoms with van der Waals surface area (Å²) < 4.78 is 5.38. The predicted molar refractivity (Wildman–Crippen MR) is 70.4 cm³/mol. The Bertz CT molecular complexity index is 478. The number of hydrogen-bond acceptors (Lipinski definition) is 4. The molecular weight excluding hydrogens is 270 g/mol. The summed E-state index contributed by atoms with van der Waals surface area (Å²) in [7, 11) is 0. The van der Waals surface area contributed by atoms with Crippen molar-refractivity contribution in [2.45, 2.75) is 19.1 Å². The predicted octanol–water partition coefficient (Wildman–Crippen LogP) is 1.27. The highest BCUT2D eigenvalue weighted by Gasteiger charge is 2.28. The summed E-state index contributed by atoms with van der Waals surface area (Å²) in [6.45, 7) is 2.74. The number of aliphatic hydroxyl groups is 1. The van der Waals surface area contributed by atoms with Gasteiger partial charge in [0.2, 0.25) is 0 Å². The molecule has 1 aromatic carbocycles. The molecule has 2 N–H and O–H groups in total. The van der Waals surface area contributed by atoms with E-state index >= 15 is 0 Å². The third-order valence-corrected chi connectivity index (χ3v) is 3.43. The molecule has 1 heterocycles. The molecule has 1 aliphatic rings. The molecule has 104 valence electrons. The van der Waals surface area contributed by atoms with Gasteiger partial charge in [-0.15, -0.1) is 0 Å². The van der Waals surface area contributed by atoms with Crippen LogP contribution >= 0.6 is 11.6 Å². The van der Waals surface area contributed by atoms with Crippen LogP contribution < -0.4 is 0 Å². The Morgan fingerprint density at radius 2 is 2.32 bits per heavy atom. The van der Waals surface area contributed by atoms with Gasteiger partial charge >= 0.3 is 0 Å². The highest BCUT2D eigenvalue weighted by molar-refractivity contribution is 6.33. The number of morpholine rings is 1. The molecular formula is C13H16ClNO4. The molecule has 1 aliphatic heterocycles. The molecule has 5 nitrogen and oxygen atoms in total. The molecule has 2 unspecified atom stereocenters. The topological polar surface area (TPSA) is 70.0 Å². The van der Waals surface area contributed by atoms with Crippen LogP contribution in [-0.4, -0.2) is 52.9 Å². The normalized spacial score (nSPS) is 21.2. The fraction of sp³-hybridized carbons (Fsp3) is 0.462. The molecule has 2 rings (SSSR count). The van der Waals surface area contributed by atoms with Gasteiger partial charge in [-0.05, 0) is 25.1 Å². The number of aliphatic hydroxyl groups excluding tert-OH is 1. The van der Waals surface area contributed by atoms with Crippen molar-refractivity contribution in [1.82, 2.24) is 4.90 Å². The number of phenolic OH excluding ortho intramolecular Hbond substituents is 1. The summed E-state index contributed by atoms with van der Waals surface area (Å²) >= 11 is 5.97. The van der Waals surface area contributed by atoms with E-state index in [0.717, 1.165) is 0 Å². The third-order valence-electron chi connectivity index (χ3n) is 3.10. The first kappa shape index (κ1) is 14.1. The molecule has 0 saturated carbocycles. The minimum atomic E-state index is -0.643. The molecule has 19 heavy (non-hydrogen) atoms. The smallest absolute Gasteiger partial charge is 0.255 e. The number of halogens is 1. The average molecular weight is 286 g/mol. The number of nitrogens with zero attached hydrogens (tertiary/aromatic N) is 1. The summed E-state index contributed by atoms with van der Waals surface area (Å²) in [5, 5.41) is 19.2. The first-order valence-corrected chi connectivity index (χ1v) is 6.44. The van der Waals surface area contributed by atoms with Gasteiger partial charge in [-0.2, -0.15) is 0 Å². The van der Waals surface area contributed by atoms with Gasteiger partial charge < -0.3 is 19.8 Å². The Kier molecular flexibility index (Phi) is 4.29. The van der Waals surface area contributed by atoms with Gasteiger partial charge in [-0.25, -0.2) is 0 Å². The molecule has 6 heteroatoms. The van der Waals surface area contributed by atoms with Crippen molar-refractivity contribution in [2.75, 3.05) is 19.7 Å². The van der Waals surface area contributed by atoms with Crippen molar-refractivity contribution in [3.05, 3.63) is 28.8 Å². The second-order valence-corrected chi connectivity index (χ2v) is 4.97. The highest BCUT2D eigenvalue weighted by Crippen LogP contribution is 2.23. The zero-order chi connectivity index (χ0) is 14.0. The van der Waals surface area contributed by atoms with Gasteiger partial charge in [-0.3, -0.25) is 4.79 Å². The monoisotopic (exact) mass is 285 g/mol. The van der Waals surface area contributed by atoms with Gasteiger partial charge in [0, 0.05) is 13.1 Å². The quantitative estimate of drug-likeness (QED) is 0.858. The number of amides is 1. The maximum absolute atomic E-state index is 12.3. The largest absolute Gasteiger partial charge is 0.508 e. The van der Waals surface area contributed by atoms with Crippen LogP contribution in [0.4, 0.5) is 0 Å². The second kappa shape index (κ2) is 5.77. The van der Waals surface area contributed by atoms with E-state index in [0.29, 0.717) is 24.7 Å². The van der Waals surface area contributed by atoms with Crippen LogP contribution in [0.3, 0.4) is 0 Å². The number of benzene rings is 1. The Hall–Kier alpha value is -1.30. The number of hydrogen-bond donors (Lipinski definition) is 2. The van der Waals surface area contributed by atoms with Gasteiger partial charge in [0.1, 0.15) is 11.9 Å². The summed E-state index contributed by atoms with van der Waals surface area (Å²) in [5.74, 6) is -0.275. The Morgan fingerprint density at radius 1 is 1.58 bits per heavy atom. The standard InChI is InChI=1S/C13H16ClNO4/c1-8(16)12-7-15(4-5-19-12)13(18)10-6-9(17)2-3-11(10)14/h2-3,6,8,12,16-17H,4-5,7H2,1H3. The first-order chi connectivity index (χ1) is 8.99. The van der Waals surface area contributed by atoms with Crippen molar-refractivity contribution in [1.29, 1.82) is 0 Å². The summed E-state index contributed by atoms with van der Waals surface area (Å²) in [6.07, 6.45) is -1.04. The number of carbonyl (C=O) groups excluding carboxylic acids is 1. The molecule has 1 aromatic rings. The second-order valence-electron chi connectivity index (χ2n) is 4.57. The fourth-order valence-electron chi connectivity index (χ4n) is 2.00. The molecule has 0 radical (unpaired) electrons. The zero-order valence-corrected chi connectivity index (χ0v) is 11.3. The van der Waals surface area contributed by atoms with Crippen LogP contribution in [0.5, 0.6) is 5.75 Å². The maximum Gasteiger partial charge on any atom is 0.255 e. The van der Waals surface area contributed by atoms with Crippen LogP contribution in [0.15, 0.2) is 18.2 Å². The highest BCUT2D eigenvalue weighted by atomic mass is 35.5. The van der Waals surface area contributed by atoms with Crippen LogP contribution in [-0.2, 0) is 4.74 Å². The Morgan fingerprint density at radius 3 is 3.00 bits per heavy atom. The van der Waals surface area contributed by atoms with E-state index in [9.17, 15) is 15.0 Å². The summed E-state index contributed by atoms with van der Waals surface area (Å²) in [5.41, 5.74) is 0.257. The van der Waals surface area contributed by atoms with Crippen LogP contribution in [0.25, 0.3) is 0 Å². The molecule has 2 atom stereocenters. The maximum atomic E-state index is 12.3. The van der Waals surface area contributed by atoms with E-state index in [1.54, 1.807) is 11.8 Å². The number of phenols is 1. The van der Waals surface area contributed by atoms with E-state index < -0.39 is 12.2 Å². The molecule has 1 fully saturated rings. The lowest BCUT2D eigenvalue weighted by molar-refractivity contribution is -0.0745. The molecule has 0 aromatic heterocycles. The van der Waals surface area contributed by atoms with Crippen molar-refractivity contribution < 1.29 is 19.7 Å². The summed E-state index contributed by atoms with van der Waals surface area (Å²) in [6, 6.07) is 4.26. The van der Waals surface area contributed by atoms with Crippen molar-refractivity contribution >= 4 is 17.5 Å². The SMILES string of the molecule is CC(O)C1CN(C(=O)c2cc(O)ccc2Cl)CCO1. The third kappa shape index (κ3) is 3.18. The van der Waals surface area contributed by atoms with E-state index in [4.69, 9.17) is 16.3 Å². The lowest BCUT2D eigenvalue weighted by Crippen LogP contribution is -2.49. The molecule has 0 bridgehead atoms. The molecule has 0 aliphatic carbocycles. The zero-order valence-electron chi connectivity index (χ0n) is 10.5. The summed E-state index contributed by atoms with van der Waals surface area (Å²) in [4.78, 5) is 13.9. The van der Waals surface area contributed by atoms with E-state index in [-0.39, 0.29) is 17.2 Å². The van der Waals surface area contributed by atoms with Crippen molar-refractivity contribution in [3.8, 4) is 5.75 Å². The van der Waals surface area contributed by atoms with E-state index in [1.807, 2.05) is 0 Å². The van der Waals surface area contributed by atoms with Crippen molar-refractivity contribution in [3.63, 3.8) is 0 Å². The van der Waals surface area contributed by atoms with Gasteiger partial charge in [0.05, 0.1) is 23.3 Å². The molecule has 1 saturated heterocycles. The van der Waals surface area contributed by atoms with Crippen LogP contribution in [0, 0.1) is 0 Å². The number of rotatable bonds is 2. The number of aromatic hydroxyl groups is 1. The first-order valence-electron chi connectivity index (χ1n) is 6.06. The van der Waals surface area contributed by atoms with Crippen molar-refractivity contribution in [2.24, 2.45) is 0 Å². The fourth-order valence-corrected chi connectivity index (χ4v) is 2.20. The lowest BCUT2D eigenvalue weighted by Gasteiger charge is -2.34. The van der Waals surface area contributed by atoms with Gasteiger partial charge in [-0.1, -0.05) is 11.6 Å². The molecule has 1 amide bonds. The van der Waals surface area contributed by atoms with Gasteiger partial charge in [0.25, 0.3) is 5.91 Å². The molecule has 0 spiro atoms. The minimum absolute atomic E-state index is 0.00640. The van der Waals surface area contributed by atoms with Crippen LogP contribution in [0.1, 0.15) is 17.3 Å². The Labute approximate surface area is 116 Å². The van der Waals surface area contributed by atoms with Gasteiger partial charge in [0.15, 0.2) is 0 Å². The number of ether oxygens (including phenoxy) is 1. The van der Waals surface area contributed by atoms with E-state index in [2.05, 4.69) is 0 Å². The Balaban J connectivity index is 2.17. The van der Waals surface area contributed by atoms with E-state index in [1.165, 1.54) is 18.2 Å². The van der Waals surface area contributed by atoms with Crippen LogP contribution in [0.2, 0.25) is 5.02 Å².